The molecule has 0 unspecified atom stereocenters. The largest absolute Gasteiger partial charge is 0.287 e. The van der Waals surface area contributed by atoms with E-state index in [1.54, 1.807) is 24.3 Å². The van der Waals surface area contributed by atoms with Crippen molar-refractivity contribution in [2.24, 2.45) is 0 Å². The van der Waals surface area contributed by atoms with Crippen LogP contribution in [0.2, 0.25) is 0 Å². The second kappa shape index (κ2) is 5.24. The Hall–Kier alpha value is -2.89. The minimum atomic E-state index is -0.790. The quantitative estimate of drug-likeness (QED) is 0.695. The summed E-state index contributed by atoms with van der Waals surface area (Å²) in [6, 6.07) is 11.6. The third-order valence-electron chi connectivity index (χ3n) is 2.96. The summed E-state index contributed by atoms with van der Waals surface area (Å²) in [5.74, 6) is -2.15. The van der Waals surface area contributed by atoms with Gasteiger partial charge in [0, 0.05) is 0 Å². The fourth-order valence-corrected chi connectivity index (χ4v) is 1.96. The molecule has 4 nitrogen and oxygen atoms in total. The molecule has 104 valence electrons. The second-order valence-electron chi connectivity index (χ2n) is 4.32. The summed E-state index contributed by atoms with van der Waals surface area (Å²) in [5, 5.41) is 7.49. The monoisotopic (exact) mass is 285 g/mol. The number of rotatable bonds is 3. The van der Waals surface area contributed by atoms with Gasteiger partial charge in [0.25, 0.3) is 0 Å². The average molecular weight is 285 g/mol. The summed E-state index contributed by atoms with van der Waals surface area (Å²) in [7, 11) is 0. The minimum Gasteiger partial charge on any atom is -0.287 e. The summed E-state index contributed by atoms with van der Waals surface area (Å²) >= 11 is 0. The highest BCUT2D eigenvalue weighted by atomic mass is 19.1. The number of aromatic nitrogens is 3. The zero-order valence-corrected chi connectivity index (χ0v) is 10.7. The predicted molar refractivity (Wildman–Crippen MR) is 71.1 cm³/mol. The van der Waals surface area contributed by atoms with Crippen LogP contribution in [0.3, 0.4) is 0 Å². The average Bonchev–Trinajstić information content (AvgIpc) is 2.99. The maximum Gasteiger partial charge on any atom is 0.216 e. The van der Waals surface area contributed by atoms with E-state index in [4.69, 9.17) is 0 Å². The molecule has 6 heteroatoms. The molecule has 21 heavy (non-hydrogen) atoms. The summed E-state index contributed by atoms with van der Waals surface area (Å²) in [4.78, 5) is 12.4. The summed E-state index contributed by atoms with van der Waals surface area (Å²) < 4.78 is 28.2. The van der Waals surface area contributed by atoms with E-state index in [1.807, 2.05) is 6.07 Å². The standard InChI is InChI=1S/C15H9F2N3O/c16-10-6-7-13(17)12(8-10)15(21)14-9-18-19-20(14)11-4-2-1-3-5-11/h1-9H. The van der Waals surface area contributed by atoms with E-state index < -0.39 is 17.4 Å². The van der Waals surface area contributed by atoms with Gasteiger partial charge in [-0.3, -0.25) is 4.79 Å². The summed E-state index contributed by atoms with van der Waals surface area (Å²) in [6.45, 7) is 0. The Labute approximate surface area is 118 Å². The van der Waals surface area contributed by atoms with E-state index in [1.165, 1.54) is 10.9 Å². The fourth-order valence-electron chi connectivity index (χ4n) is 1.96. The van der Waals surface area contributed by atoms with Crippen LogP contribution < -0.4 is 0 Å². The first kappa shape index (κ1) is 13.1. The number of carbonyl (C=O) groups excluding carboxylic acids is 1. The molecule has 1 aromatic heterocycles. The van der Waals surface area contributed by atoms with Crippen LogP contribution in [0.15, 0.2) is 54.7 Å². The molecule has 1 heterocycles. The second-order valence-corrected chi connectivity index (χ2v) is 4.32. The molecule has 0 aliphatic heterocycles. The smallest absolute Gasteiger partial charge is 0.216 e. The zero-order chi connectivity index (χ0) is 14.8. The molecule has 0 spiro atoms. The highest BCUT2D eigenvalue weighted by Gasteiger charge is 2.20. The number of carbonyl (C=O) groups is 1. The van der Waals surface area contributed by atoms with Crippen LogP contribution >= 0.6 is 0 Å². The van der Waals surface area contributed by atoms with Gasteiger partial charge in [0.2, 0.25) is 5.78 Å². The van der Waals surface area contributed by atoms with Crippen molar-refractivity contribution in [3.8, 4) is 5.69 Å². The Kier molecular flexibility index (Phi) is 3.27. The van der Waals surface area contributed by atoms with Crippen molar-refractivity contribution in [3.63, 3.8) is 0 Å². The van der Waals surface area contributed by atoms with E-state index in [9.17, 15) is 13.6 Å². The van der Waals surface area contributed by atoms with Crippen molar-refractivity contribution in [2.75, 3.05) is 0 Å². The van der Waals surface area contributed by atoms with Crippen LogP contribution in [-0.2, 0) is 0 Å². The first-order chi connectivity index (χ1) is 10.2. The fraction of sp³-hybridized carbons (Fsp3) is 0. The van der Waals surface area contributed by atoms with Crippen LogP contribution in [0.4, 0.5) is 8.78 Å². The van der Waals surface area contributed by atoms with Crippen molar-refractivity contribution in [2.45, 2.75) is 0 Å². The van der Waals surface area contributed by atoms with Crippen molar-refractivity contribution >= 4 is 5.78 Å². The van der Waals surface area contributed by atoms with E-state index in [0.29, 0.717) is 5.69 Å². The molecule has 0 fully saturated rings. The molecular weight excluding hydrogens is 276 g/mol. The van der Waals surface area contributed by atoms with Crippen LogP contribution in [0.5, 0.6) is 0 Å². The Bertz CT molecular complexity index is 800. The maximum atomic E-state index is 13.7. The Morgan fingerprint density at radius 1 is 1.05 bits per heavy atom. The lowest BCUT2D eigenvalue weighted by atomic mass is 10.1. The first-order valence-corrected chi connectivity index (χ1v) is 6.12. The van der Waals surface area contributed by atoms with Gasteiger partial charge in [-0.25, -0.2) is 13.5 Å². The summed E-state index contributed by atoms with van der Waals surface area (Å²) in [5.41, 5.74) is 0.315. The highest BCUT2D eigenvalue weighted by molar-refractivity contribution is 6.08. The number of hydrogen-bond donors (Lipinski definition) is 0. The van der Waals surface area contributed by atoms with Gasteiger partial charge in [-0.05, 0) is 30.3 Å². The number of ketones is 1. The zero-order valence-electron chi connectivity index (χ0n) is 10.7. The molecule has 2 aromatic carbocycles. The molecule has 0 amide bonds. The summed E-state index contributed by atoms with van der Waals surface area (Å²) in [6.07, 6.45) is 1.22. The van der Waals surface area contributed by atoms with Gasteiger partial charge in [0.1, 0.15) is 17.3 Å². The molecule has 0 saturated heterocycles. The van der Waals surface area contributed by atoms with Crippen LogP contribution in [-0.4, -0.2) is 20.8 Å². The maximum absolute atomic E-state index is 13.7. The Morgan fingerprint density at radius 3 is 2.57 bits per heavy atom. The van der Waals surface area contributed by atoms with Crippen molar-refractivity contribution < 1.29 is 13.6 Å². The van der Waals surface area contributed by atoms with E-state index >= 15 is 0 Å². The lowest BCUT2D eigenvalue weighted by molar-refractivity contribution is 0.102. The van der Waals surface area contributed by atoms with Gasteiger partial charge in [-0.15, -0.1) is 5.10 Å². The SMILES string of the molecule is O=C(c1cc(F)ccc1F)c1cnnn1-c1ccccc1. The van der Waals surface area contributed by atoms with Gasteiger partial charge in [0.15, 0.2) is 0 Å². The van der Waals surface area contributed by atoms with Gasteiger partial charge in [-0.2, -0.15) is 0 Å². The van der Waals surface area contributed by atoms with Gasteiger partial charge >= 0.3 is 0 Å². The predicted octanol–water partition coefficient (Wildman–Crippen LogP) is 2.78. The van der Waals surface area contributed by atoms with E-state index in [0.717, 1.165) is 18.2 Å². The normalized spacial score (nSPS) is 10.6. The third-order valence-corrected chi connectivity index (χ3v) is 2.96. The number of hydrogen-bond acceptors (Lipinski definition) is 3. The third kappa shape index (κ3) is 2.43. The van der Waals surface area contributed by atoms with E-state index in [2.05, 4.69) is 10.3 Å². The van der Waals surface area contributed by atoms with Gasteiger partial charge < -0.3 is 0 Å². The lowest BCUT2D eigenvalue weighted by Gasteiger charge is -2.06. The van der Waals surface area contributed by atoms with Crippen LogP contribution in [0.1, 0.15) is 16.1 Å². The minimum absolute atomic E-state index is 0.0608. The van der Waals surface area contributed by atoms with Crippen LogP contribution in [0.25, 0.3) is 5.69 Å². The molecule has 3 aromatic rings. The molecular formula is C15H9F2N3O. The van der Waals surface area contributed by atoms with E-state index in [-0.39, 0.29) is 11.3 Å². The number of para-hydroxylation sites is 1. The van der Waals surface area contributed by atoms with Crippen LogP contribution in [0, 0.1) is 11.6 Å². The molecule has 0 saturated carbocycles. The molecule has 0 N–H and O–H groups in total. The van der Waals surface area contributed by atoms with Gasteiger partial charge in [-0.1, -0.05) is 23.4 Å². The Morgan fingerprint density at radius 2 is 1.81 bits per heavy atom. The molecule has 0 aliphatic carbocycles. The number of nitrogens with zero attached hydrogens (tertiary/aromatic N) is 3. The molecule has 0 atom stereocenters. The first-order valence-electron chi connectivity index (χ1n) is 6.12. The number of halogens is 2. The topological polar surface area (TPSA) is 47.8 Å². The van der Waals surface area contributed by atoms with Crippen molar-refractivity contribution in [3.05, 3.63) is 77.6 Å². The molecule has 0 radical (unpaired) electrons. The van der Waals surface area contributed by atoms with Gasteiger partial charge in [0.05, 0.1) is 17.4 Å². The number of benzene rings is 2. The Balaban J connectivity index is 2.08. The van der Waals surface area contributed by atoms with Crippen molar-refractivity contribution in [1.82, 2.24) is 15.0 Å². The molecule has 0 aliphatic rings. The molecule has 0 bridgehead atoms. The molecule has 3 rings (SSSR count). The lowest BCUT2D eigenvalue weighted by Crippen LogP contribution is -2.11. The van der Waals surface area contributed by atoms with Crippen molar-refractivity contribution in [1.29, 1.82) is 0 Å². The highest BCUT2D eigenvalue weighted by Crippen LogP contribution is 2.17.